The Balaban J connectivity index is 1.75. The second kappa shape index (κ2) is 5.50. The third kappa shape index (κ3) is 2.94. The molecular formula is C12H20N2O. The Labute approximate surface area is 92.4 Å². The summed E-state index contributed by atoms with van der Waals surface area (Å²) in [4.78, 5) is 4.96. The molecule has 0 aliphatic carbocycles. The average molecular weight is 208 g/mol. The summed E-state index contributed by atoms with van der Waals surface area (Å²) < 4.78 is 5.39. The number of hydrogen-bond acceptors (Lipinski definition) is 3. The van der Waals surface area contributed by atoms with Gasteiger partial charge < -0.3 is 4.74 Å². The fourth-order valence-electron chi connectivity index (χ4n) is 2.47. The average Bonchev–Trinajstić information content (AvgIpc) is 2.32. The molecule has 0 aromatic rings. The Morgan fingerprint density at radius 1 is 1.13 bits per heavy atom. The summed E-state index contributed by atoms with van der Waals surface area (Å²) in [5, 5.41) is 0. The second-order valence-electron chi connectivity index (χ2n) is 4.36. The highest BCUT2D eigenvalue weighted by Gasteiger charge is 2.24. The number of hydrogen-bond donors (Lipinski definition) is 0. The Bertz CT molecular complexity index is 222. The maximum atomic E-state index is 5.39. The maximum absolute atomic E-state index is 5.39. The van der Waals surface area contributed by atoms with Crippen LogP contribution in [0.25, 0.3) is 0 Å². The minimum absolute atomic E-state index is 0.756. The lowest BCUT2D eigenvalue weighted by atomic mass is 10.1. The molecule has 84 valence electrons. The molecule has 2 rings (SSSR count). The summed E-state index contributed by atoms with van der Waals surface area (Å²) in [6.45, 7) is 7.29. The van der Waals surface area contributed by atoms with E-state index in [9.17, 15) is 0 Å². The molecular weight excluding hydrogens is 188 g/mol. The molecule has 0 bridgehead atoms. The van der Waals surface area contributed by atoms with Crippen molar-refractivity contribution in [3.63, 3.8) is 0 Å². The first-order valence-corrected chi connectivity index (χ1v) is 5.88. The molecule has 2 fully saturated rings. The Morgan fingerprint density at radius 3 is 2.40 bits per heavy atom. The van der Waals surface area contributed by atoms with E-state index in [1.807, 2.05) is 0 Å². The maximum Gasteiger partial charge on any atom is 0.0599 e. The van der Waals surface area contributed by atoms with Crippen LogP contribution in [0.5, 0.6) is 0 Å². The van der Waals surface area contributed by atoms with Gasteiger partial charge in [-0.05, 0) is 12.8 Å². The highest BCUT2D eigenvalue weighted by molar-refractivity contribution is 4.90. The summed E-state index contributed by atoms with van der Waals surface area (Å²) in [6.07, 6.45) is 7.72. The molecule has 2 aliphatic rings. The first-order valence-electron chi connectivity index (χ1n) is 5.88. The van der Waals surface area contributed by atoms with Crippen LogP contribution in [0.2, 0.25) is 0 Å². The molecule has 2 aliphatic heterocycles. The monoisotopic (exact) mass is 208 g/mol. The van der Waals surface area contributed by atoms with Gasteiger partial charge in [0.15, 0.2) is 0 Å². The van der Waals surface area contributed by atoms with E-state index < -0.39 is 0 Å². The molecule has 0 aromatic heterocycles. The van der Waals surface area contributed by atoms with Crippen LogP contribution in [0, 0.1) is 12.3 Å². The van der Waals surface area contributed by atoms with Crippen molar-refractivity contribution in [2.45, 2.75) is 18.9 Å². The number of piperazine rings is 1. The topological polar surface area (TPSA) is 15.7 Å². The van der Waals surface area contributed by atoms with E-state index in [0.29, 0.717) is 0 Å². The molecule has 0 spiro atoms. The Hall–Kier alpha value is -0.560. The number of nitrogens with zero attached hydrogens (tertiary/aromatic N) is 2. The van der Waals surface area contributed by atoms with Gasteiger partial charge in [-0.3, -0.25) is 9.80 Å². The molecule has 0 amide bonds. The number of rotatable bonds is 2. The summed E-state index contributed by atoms with van der Waals surface area (Å²) in [7, 11) is 0. The summed E-state index contributed by atoms with van der Waals surface area (Å²) in [6, 6.07) is 0.756. The molecule has 0 N–H and O–H groups in total. The van der Waals surface area contributed by atoms with Gasteiger partial charge in [0, 0.05) is 45.4 Å². The minimum atomic E-state index is 0.756. The van der Waals surface area contributed by atoms with Crippen molar-refractivity contribution in [1.29, 1.82) is 0 Å². The van der Waals surface area contributed by atoms with Gasteiger partial charge in [0.1, 0.15) is 0 Å². The van der Waals surface area contributed by atoms with E-state index in [2.05, 4.69) is 15.7 Å². The van der Waals surface area contributed by atoms with E-state index in [4.69, 9.17) is 11.2 Å². The van der Waals surface area contributed by atoms with Crippen LogP contribution in [-0.2, 0) is 4.74 Å². The van der Waals surface area contributed by atoms with Gasteiger partial charge in [0.2, 0.25) is 0 Å². The Kier molecular flexibility index (Phi) is 4.01. The molecule has 2 heterocycles. The van der Waals surface area contributed by atoms with Crippen LogP contribution < -0.4 is 0 Å². The molecule has 3 nitrogen and oxygen atoms in total. The Morgan fingerprint density at radius 2 is 1.80 bits per heavy atom. The zero-order chi connectivity index (χ0) is 10.5. The van der Waals surface area contributed by atoms with Gasteiger partial charge in [0.25, 0.3) is 0 Å². The smallest absolute Gasteiger partial charge is 0.0599 e. The molecule has 15 heavy (non-hydrogen) atoms. The largest absolute Gasteiger partial charge is 0.381 e. The van der Waals surface area contributed by atoms with E-state index in [1.54, 1.807) is 0 Å². The fourth-order valence-corrected chi connectivity index (χ4v) is 2.47. The van der Waals surface area contributed by atoms with Crippen LogP contribution in [0.15, 0.2) is 0 Å². The van der Waals surface area contributed by atoms with Crippen LogP contribution in [0.4, 0.5) is 0 Å². The summed E-state index contributed by atoms with van der Waals surface area (Å²) in [5.74, 6) is 2.72. The van der Waals surface area contributed by atoms with Crippen LogP contribution >= 0.6 is 0 Å². The zero-order valence-electron chi connectivity index (χ0n) is 9.32. The van der Waals surface area contributed by atoms with E-state index in [0.717, 1.165) is 38.9 Å². The highest BCUT2D eigenvalue weighted by Crippen LogP contribution is 2.16. The van der Waals surface area contributed by atoms with E-state index in [-0.39, 0.29) is 0 Å². The predicted octanol–water partition coefficient (Wildman–Crippen LogP) is 0.416. The molecule has 0 aromatic carbocycles. The van der Waals surface area contributed by atoms with Gasteiger partial charge in [-0.1, -0.05) is 5.92 Å². The van der Waals surface area contributed by atoms with Gasteiger partial charge in [-0.25, -0.2) is 0 Å². The third-order valence-corrected chi connectivity index (χ3v) is 3.43. The lowest BCUT2D eigenvalue weighted by molar-refractivity contribution is 0.0157. The van der Waals surface area contributed by atoms with Crippen molar-refractivity contribution >= 4 is 0 Å². The third-order valence-electron chi connectivity index (χ3n) is 3.43. The normalized spacial score (nSPS) is 26.3. The minimum Gasteiger partial charge on any atom is -0.381 e. The zero-order valence-corrected chi connectivity index (χ0v) is 9.32. The van der Waals surface area contributed by atoms with Gasteiger partial charge in [0.05, 0.1) is 6.54 Å². The predicted molar refractivity (Wildman–Crippen MR) is 60.7 cm³/mol. The van der Waals surface area contributed by atoms with Crippen molar-refractivity contribution < 1.29 is 4.74 Å². The van der Waals surface area contributed by atoms with Gasteiger partial charge in [-0.2, -0.15) is 0 Å². The lowest BCUT2D eigenvalue weighted by Gasteiger charge is -2.40. The van der Waals surface area contributed by atoms with E-state index >= 15 is 0 Å². The fraction of sp³-hybridized carbons (Fsp3) is 0.833. The van der Waals surface area contributed by atoms with Crippen molar-refractivity contribution in [2.24, 2.45) is 0 Å². The van der Waals surface area contributed by atoms with Gasteiger partial charge >= 0.3 is 0 Å². The molecule has 0 atom stereocenters. The molecule has 0 radical (unpaired) electrons. The van der Waals surface area contributed by atoms with E-state index in [1.165, 1.54) is 25.9 Å². The first kappa shape index (κ1) is 10.9. The van der Waals surface area contributed by atoms with Crippen LogP contribution in [-0.4, -0.2) is 61.8 Å². The molecule has 0 saturated carbocycles. The second-order valence-corrected chi connectivity index (χ2v) is 4.36. The van der Waals surface area contributed by atoms with Crippen molar-refractivity contribution in [3.8, 4) is 12.3 Å². The van der Waals surface area contributed by atoms with Crippen molar-refractivity contribution in [1.82, 2.24) is 9.80 Å². The van der Waals surface area contributed by atoms with Gasteiger partial charge in [-0.15, -0.1) is 6.42 Å². The standard InChI is InChI=1S/C12H20N2O/c1-2-5-13-6-8-14(9-7-13)12-3-10-15-11-4-12/h1,12H,3-11H2. The number of ether oxygens (including phenoxy) is 1. The first-order chi connectivity index (χ1) is 7.40. The molecule has 0 unspecified atom stereocenters. The quantitative estimate of drug-likeness (QED) is 0.612. The summed E-state index contributed by atoms with van der Waals surface area (Å²) in [5.41, 5.74) is 0. The summed E-state index contributed by atoms with van der Waals surface area (Å²) >= 11 is 0. The van der Waals surface area contributed by atoms with Crippen molar-refractivity contribution in [2.75, 3.05) is 45.9 Å². The van der Waals surface area contributed by atoms with Crippen LogP contribution in [0.3, 0.4) is 0 Å². The van der Waals surface area contributed by atoms with Crippen molar-refractivity contribution in [3.05, 3.63) is 0 Å². The lowest BCUT2D eigenvalue weighted by Crippen LogP contribution is -2.51. The number of terminal acetylenes is 1. The molecule has 3 heteroatoms. The SMILES string of the molecule is C#CCN1CCN(C2CCOCC2)CC1. The molecule has 2 saturated heterocycles. The van der Waals surface area contributed by atoms with Crippen LogP contribution in [0.1, 0.15) is 12.8 Å². The highest BCUT2D eigenvalue weighted by atomic mass is 16.5.